The molecule has 0 spiro atoms. The van der Waals surface area contributed by atoms with E-state index in [1.165, 1.54) is 0 Å². The van der Waals surface area contributed by atoms with Gasteiger partial charge in [0, 0.05) is 12.7 Å². The van der Waals surface area contributed by atoms with E-state index in [1.54, 1.807) is 12.3 Å². The van der Waals surface area contributed by atoms with Crippen LogP contribution in [0, 0.1) is 0 Å². The van der Waals surface area contributed by atoms with Gasteiger partial charge < -0.3 is 15.4 Å². The lowest BCUT2D eigenvalue weighted by Crippen LogP contribution is -2.23. The third-order valence-corrected chi connectivity index (χ3v) is 2.84. The molecule has 3 N–H and O–H groups in total. The van der Waals surface area contributed by atoms with Crippen molar-refractivity contribution in [2.45, 2.75) is 13.2 Å². The summed E-state index contributed by atoms with van der Waals surface area (Å²) in [6.07, 6.45) is 1.55. The van der Waals surface area contributed by atoms with E-state index in [-0.39, 0.29) is 12.5 Å². The van der Waals surface area contributed by atoms with Gasteiger partial charge in [-0.3, -0.25) is 4.79 Å². The van der Waals surface area contributed by atoms with Crippen molar-refractivity contribution in [3.8, 4) is 0 Å². The molecule has 1 aromatic carbocycles. The molecular weight excluding hydrogens is 252 g/mol. The van der Waals surface area contributed by atoms with Gasteiger partial charge in [0.25, 0.3) is 5.91 Å². The topological polar surface area (TPSA) is 65.1 Å². The molecule has 0 atom stereocenters. The van der Waals surface area contributed by atoms with Gasteiger partial charge in [-0.05, 0) is 17.2 Å². The molecule has 0 unspecified atom stereocenters. The number of hydrogen-bond acceptors (Lipinski definition) is 2. The van der Waals surface area contributed by atoms with E-state index in [2.05, 4.69) is 10.3 Å². The minimum absolute atomic E-state index is 0.0413. The Bertz CT molecular complexity index is 551. The zero-order chi connectivity index (χ0) is 13.0. The van der Waals surface area contributed by atoms with Crippen LogP contribution in [0.4, 0.5) is 0 Å². The second-order valence-corrected chi connectivity index (χ2v) is 4.28. The SMILES string of the molecule is O=C(NCc1ccccc1CO)c1cc(Cl)c[nH]1. The quantitative estimate of drug-likeness (QED) is 0.792. The van der Waals surface area contributed by atoms with Gasteiger partial charge in [-0.15, -0.1) is 0 Å². The van der Waals surface area contributed by atoms with Crippen LogP contribution in [0.3, 0.4) is 0 Å². The molecule has 2 aromatic rings. The number of nitrogens with one attached hydrogen (secondary N) is 2. The minimum Gasteiger partial charge on any atom is -0.392 e. The standard InChI is InChI=1S/C13H13ClN2O2/c14-11-5-12(15-7-11)13(18)16-6-9-3-1-2-4-10(9)8-17/h1-5,7,15,17H,6,8H2,(H,16,18). The lowest BCUT2D eigenvalue weighted by atomic mass is 10.1. The molecule has 0 aliphatic rings. The van der Waals surface area contributed by atoms with Crippen molar-refractivity contribution < 1.29 is 9.90 Å². The molecular formula is C13H13ClN2O2. The van der Waals surface area contributed by atoms with Gasteiger partial charge >= 0.3 is 0 Å². The molecule has 0 radical (unpaired) electrons. The summed E-state index contributed by atoms with van der Waals surface area (Å²) in [6, 6.07) is 8.98. The normalized spacial score (nSPS) is 10.3. The maximum atomic E-state index is 11.8. The molecule has 0 fully saturated rings. The molecule has 4 nitrogen and oxygen atoms in total. The third-order valence-electron chi connectivity index (χ3n) is 2.62. The number of aliphatic hydroxyl groups excluding tert-OH is 1. The largest absolute Gasteiger partial charge is 0.392 e. The maximum absolute atomic E-state index is 11.8. The Morgan fingerprint density at radius 3 is 2.67 bits per heavy atom. The van der Waals surface area contributed by atoms with E-state index in [0.717, 1.165) is 11.1 Å². The number of carbonyl (C=O) groups is 1. The summed E-state index contributed by atoms with van der Waals surface area (Å²) in [7, 11) is 0. The fourth-order valence-corrected chi connectivity index (χ4v) is 1.82. The zero-order valence-electron chi connectivity index (χ0n) is 9.61. The predicted octanol–water partition coefficient (Wildman–Crippen LogP) is 2.09. The summed E-state index contributed by atoms with van der Waals surface area (Å²) in [4.78, 5) is 14.5. The lowest BCUT2D eigenvalue weighted by molar-refractivity contribution is 0.0946. The number of aliphatic hydroxyl groups is 1. The Hall–Kier alpha value is -1.78. The smallest absolute Gasteiger partial charge is 0.268 e. The fourth-order valence-electron chi connectivity index (χ4n) is 1.65. The average Bonchev–Trinajstić information content (AvgIpc) is 2.83. The molecule has 0 aliphatic carbocycles. The molecule has 1 heterocycles. The number of carbonyl (C=O) groups excluding carboxylic acids is 1. The van der Waals surface area contributed by atoms with Crippen molar-refractivity contribution in [1.29, 1.82) is 0 Å². The number of halogens is 1. The Kier molecular flexibility index (Phi) is 4.02. The monoisotopic (exact) mass is 264 g/mol. The Morgan fingerprint density at radius 1 is 1.33 bits per heavy atom. The van der Waals surface area contributed by atoms with Crippen LogP contribution in [-0.2, 0) is 13.2 Å². The van der Waals surface area contributed by atoms with E-state index in [9.17, 15) is 4.79 Å². The Balaban J connectivity index is 2.01. The minimum atomic E-state index is -0.227. The van der Waals surface area contributed by atoms with Crippen molar-refractivity contribution in [3.05, 3.63) is 58.4 Å². The molecule has 0 bridgehead atoms. The fraction of sp³-hybridized carbons (Fsp3) is 0.154. The second kappa shape index (κ2) is 5.71. The van der Waals surface area contributed by atoms with E-state index < -0.39 is 0 Å². The first-order valence-corrected chi connectivity index (χ1v) is 5.88. The highest BCUT2D eigenvalue weighted by molar-refractivity contribution is 6.30. The molecule has 2 rings (SSSR count). The van der Waals surface area contributed by atoms with Crippen LogP contribution < -0.4 is 5.32 Å². The Morgan fingerprint density at radius 2 is 2.06 bits per heavy atom. The highest BCUT2D eigenvalue weighted by Crippen LogP contribution is 2.11. The number of amides is 1. The summed E-state index contributed by atoms with van der Waals surface area (Å²) in [6.45, 7) is 0.326. The molecule has 94 valence electrons. The van der Waals surface area contributed by atoms with E-state index >= 15 is 0 Å². The van der Waals surface area contributed by atoms with E-state index in [4.69, 9.17) is 16.7 Å². The first-order chi connectivity index (χ1) is 8.70. The number of benzene rings is 1. The van der Waals surface area contributed by atoms with Crippen LogP contribution in [-0.4, -0.2) is 16.0 Å². The number of aromatic nitrogens is 1. The molecule has 5 heteroatoms. The number of aromatic amines is 1. The van der Waals surface area contributed by atoms with Crippen LogP contribution in [0.15, 0.2) is 36.5 Å². The molecule has 0 aliphatic heterocycles. The first kappa shape index (κ1) is 12.7. The van der Waals surface area contributed by atoms with Gasteiger partial charge in [0.05, 0.1) is 11.6 Å². The number of hydrogen-bond donors (Lipinski definition) is 3. The highest BCUT2D eigenvalue weighted by atomic mass is 35.5. The Labute approximate surface area is 110 Å². The number of H-pyrrole nitrogens is 1. The summed E-state index contributed by atoms with van der Waals surface area (Å²) in [5.41, 5.74) is 2.12. The summed E-state index contributed by atoms with van der Waals surface area (Å²) >= 11 is 5.73. The second-order valence-electron chi connectivity index (χ2n) is 3.84. The van der Waals surface area contributed by atoms with Gasteiger partial charge in [0.15, 0.2) is 0 Å². The molecule has 0 saturated heterocycles. The van der Waals surface area contributed by atoms with Crippen molar-refractivity contribution in [2.24, 2.45) is 0 Å². The van der Waals surface area contributed by atoms with Crippen molar-refractivity contribution in [1.82, 2.24) is 10.3 Å². The predicted molar refractivity (Wildman–Crippen MR) is 69.3 cm³/mol. The van der Waals surface area contributed by atoms with Crippen LogP contribution in [0.1, 0.15) is 21.6 Å². The third kappa shape index (κ3) is 2.91. The van der Waals surface area contributed by atoms with Gasteiger partial charge in [-0.25, -0.2) is 0 Å². The van der Waals surface area contributed by atoms with Gasteiger partial charge in [0.2, 0.25) is 0 Å². The van der Waals surface area contributed by atoms with Crippen molar-refractivity contribution in [3.63, 3.8) is 0 Å². The number of rotatable bonds is 4. The summed E-state index contributed by atoms with van der Waals surface area (Å²) < 4.78 is 0. The van der Waals surface area contributed by atoms with Crippen molar-refractivity contribution in [2.75, 3.05) is 0 Å². The molecule has 0 saturated carbocycles. The molecule has 18 heavy (non-hydrogen) atoms. The van der Waals surface area contributed by atoms with Crippen LogP contribution >= 0.6 is 11.6 Å². The van der Waals surface area contributed by atoms with E-state index in [0.29, 0.717) is 17.3 Å². The lowest BCUT2D eigenvalue weighted by Gasteiger charge is -2.08. The van der Waals surface area contributed by atoms with Crippen LogP contribution in [0.5, 0.6) is 0 Å². The molecule has 1 amide bonds. The van der Waals surface area contributed by atoms with E-state index in [1.807, 2.05) is 24.3 Å². The highest BCUT2D eigenvalue weighted by Gasteiger charge is 2.08. The summed E-state index contributed by atoms with van der Waals surface area (Å²) in [5.74, 6) is -0.227. The van der Waals surface area contributed by atoms with Gasteiger partial charge in [0.1, 0.15) is 5.69 Å². The molecule has 1 aromatic heterocycles. The summed E-state index contributed by atoms with van der Waals surface area (Å²) in [5, 5.41) is 12.4. The van der Waals surface area contributed by atoms with Crippen LogP contribution in [0.2, 0.25) is 5.02 Å². The van der Waals surface area contributed by atoms with Crippen LogP contribution in [0.25, 0.3) is 0 Å². The first-order valence-electron chi connectivity index (χ1n) is 5.50. The van der Waals surface area contributed by atoms with Gasteiger partial charge in [-0.2, -0.15) is 0 Å². The maximum Gasteiger partial charge on any atom is 0.268 e. The van der Waals surface area contributed by atoms with Gasteiger partial charge in [-0.1, -0.05) is 35.9 Å². The average molecular weight is 265 g/mol. The zero-order valence-corrected chi connectivity index (χ0v) is 10.4. The van der Waals surface area contributed by atoms with Crippen molar-refractivity contribution >= 4 is 17.5 Å².